The second-order valence-corrected chi connectivity index (χ2v) is 10.2. The van der Waals surface area contributed by atoms with Gasteiger partial charge in [0.25, 0.3) is 0 Å². The molecule has 2 heterocycles. The average Bonchev–Trinajstić information content (AvgIpc) is 3.46. The minimum Gasteiger partial charge on any atom is -0.495 e. The molecular formula is C28H38N4O3. The number of hydrogen-bond donors (Lipinski definition) is 0. The Balaban J connectivity index is 1.35. The van der Waals surface area contributed by atoms with Crippen LogP contribution in [0, 0.1) is 18.8 Å². The monoisotopic (exact) mass is 478 g/mol. The Kier molecular flexibility index (Phi) is 7.14. The van der Waals surface area contributed by atoms with Crippen LogP contribution in [0.15, 0.2) is 42.0 Å². The van der Waals surface area contributed by atoms with Gasteiger partial charge in [-0.1, -0.05) is 36.6 Å². The second-order valence-electron chi connectivity index (χ2n) is 10.2. The van der Waals surface area contributed by atoms with Crippen molar-refractivity contribution in [3.05, 3.63) is 48.1 Å². The fraction of sp³-hybridized carbons (Fsp3) is 0.571. The number of aryl methyl sites for hydroxylation is 1. The van der Waals surface area contributed by atoms with Gasteiger partial charge in [-0.3, -0.25) is 0 Å². The molecule has 0 N–H and O–H groups in total. The Morgan fingerprint density at radius 2 is 2.00 bits per heavy atom. The van der Waals surface area contributed by atoms with Gasteiger partial charge in [0, 0.05) is 39.3 Å². The predicted molar refractivity (Wildman–Crippen MR) is 138 cm³/mol. The van der Waals surface area contributed by atoms with Crippen molar-refractivity contribution in [2.24, 2.45) is 17.0 Å². The third kappa shape index (κ3) is 4.96. The summed E-state index contributed by atoms with van der Waals surface area (Å²) in [6, 6.07) is 6.21. The van der Waals surface area contributed by atoms with Crippen molar-refractivity contribution in [3.8, 4) is 11.4 Å². The molecule has 3 atom stereocenters. The summed E-state index contributed by atoms with van der Waals surface area (Å²) in [6.45, 7) is 3.61. The normalized spacial score (nSPS) is 26.1. The van der Waals surface area contributed by atoms with E-state index < -0.39 is 0 Å². The summed E-state index contributed by atoms with van der Waals surface area (Å²) in [7, 11) is 3.47. The van der Waals surface area contributed by atoms with E-state index in [4.69, 9.17) is 14.3 Å². The highest BCUT2D eigenvalue weighted by atomic mass is 16.7. The summed E-state index contributed by atoms with van der Waals surface area (Å²) in [6.07, 6.45) is 17.8. The van der Waals surface area contributed by atoms with E-state index in [1.54, 1.807) is 14.2 Å². The number of fused-ring (bicyclic) bond motifs is 1. The molecule has 3 unspecified atom stereocenters. The van der Waals surface area contributed by atoms with Crippen molar-refractivity contribution in [1.82, 2.24) is 14.5 Å². The highest BCUT2D eigenvalue weighted by Gasteiger charge is 2.50. The van der Waals surface area contributed by atoms with Crippen LogP contribution in [-0.4, -0.2) is 53.4 Å². The molecule has 1 aromatic heterocycles. The zero-order valence-electron chi connectivity index (χ0n) is 21.3. The number of hydrogen-bond acceptors (Lipinski definition) is 6. The lowest BCUT2D eigenvalue weighted by Crippen LogP contribution is -2.53. The number of rotatable bonds is 8. The second kappa shape index (κ2) is 10.4. The fourth-order valence-electron chi connectivity index (χ4n) is 6.16. The summed E-state index contributed by atoms with van der Waals surface area (Å²) >= 11 is 0. The maximum Gasteiger partial charge on any atom is 0.211 e. The molecule has 0 bridgehead atoms. The molecule has 1 spiro atoms. The Bertz CT molecular complexity index is 1080. The highest BCUT2D eigenvalue weighted by molar-refractivity contribution is 5.97. The molecule has 2 saturated carbocycles. The average molecular weight is 479 g/mol. The largest absolute Gasteiger partial charge is 0.495 e. The van der Waals surface area contributed by atoms with Crippen molar-refractivity contribution < 1.29 is 14.3 Å². The molecule has 2 aromatic rings. The van der Waals surface area contributed by atoms with Gasteiger partial charge >= 0.3 is 0 Å². The molecule has 2 fully saturated rings. The molecule has 1 aliphatic heterocycles. The van der Waals surface area contributed by atoms with Crippen LogP contribution < -0.4 is 4.74 Å². The van der Waals surface area contributed by atoms with Crippen molar-refractivity contribution in [2.45, 2.75) is 64.0 Å². The van der Waals surface area contributed by atoms with Gasteiger partial charge in [0.2, 0.25) is 5.72 Å². The molecule has 0 saturated heterocycles. The van der Waals surface area contributed by atoms with Crippen molar-refractivity contribution in [2.75, 3.05) is 27.4 Å². The fourth-order valence-corrected chi connectivity index (χ4v) is 6.16. The Morgan fingerprint density at radius 1 is 1.14 bits per heavy atom. The molecule has 188 valence electrons. The zero-order chi connectivity index (χ0) is 24.3. The lowest BCUT2D eigenvalue weighted by Gasteiger charge is -2.47. The van der Waals surface area contributed by atoms with Gasteiger partial charge in [0.1, 0.15) is 5.75 Å². The number of imidazole rings is 1. The molecule has 0 radical (unpaired) electrons. The summed E-state index contributed by atoms with van der Waals surface area (Å²) in [4.78, 5) is 13.0. The minimum atomic E-state index is -0.299. The maximum absolute atomic E-state index is 6.29. The number of nitrogens with zero attached hydrogens (tertiary/aromatic N) is 4. The van der Waals surface area contributed by atoms with Crippen molar-refractivity contribution in [3.63, 3.8) is 0 Å². The van der Waals surface area contributed by atoms with Crippen LogP contribution in [0.1, 0.15) is 62.6 Å². The van der Waals surface area contributed by atoms with Gasteiger partial charge < -0.3 is 23.8 Å². The van der Waals surface area contributed by atoms with Crippen LogP contribution in [0.25, 0.3) is 11.8 Å². The third-order valence-electron chi connectivity index (χ3n) is 7.98. The summed E-state index contributed by atoms with van der Waals surface area (Å²) in [5.41, 5.74) is 2.70. The number of oxime groups is 1. The van der Waals surface area contributed by atoms with Crippen LogP contribution in [0.5, 0.6) is 5.75 Å². The minimum absolute atomic E-state index is 0.299. The first-order chi connectivity index (χ1) is 17.1. The molecule has 1 aromatic carbocycles. The quantitative estimate of drug-likeness (QED) is 0.464. The summed E-state index contributed by atoms with van der Waals surface area (Å²) in [5.74, 6) is 3.33. The van der Waals surface area contributed by atoms with Crippen LogP contribution in [0.3, 0.4) is 0 Å². The SMILES string of the molecule is COCCCN1C(/C=C/c2ccc(-n3cnc(C)c3)c(OC)c2)=NOC12CCC1CCCCC1C2. The third-order valence-corrected chi connectivity index (χ3v) is 7.98. The first kappa shape index (κ1) is 23.9. The van der Waals surface area contributed by atoms with Gasteiger partial charge in [-0.25, -0.2) is 4.98 Å². The van der Waals surface area contributed by atoms with Gasteiger partial charge in [0.05, 0.1) is 24.8 Å². The van der Waals surface area contributed by atoms with Crippen LogP contribution in [0.2, 0.25) is 0 Å². The Hall–Kier alpha value is -2.80. The van der Waals surface area contributed by atoms with Crippen LogP contribution in [0.4, 0.5) is 0 Å². The van der Waals surface area contributed by atoms with E-state index in [0.29, 0.717) is 0 Å². The van der Waals surface area contributed by atoms with Crippen molar-refractivity contribution in [1.29, 1.82) is 0 Å². The van der Waals surface area contributed by atoms with Gasteiger partial charge in [-0.15, -0.1) is 0 Å². The summed E-state index contributed by atoms with van der Waals surface area (Å²) in [5, 5.41) is 4.61. The maximum atomic E-state index is 6.29. The van der Waals surface area contributed by atoms with Crippen molar-refractivity contribution >= 4 is 11.9 Å². The standard InChI is InChI=1S/C28H38N4O3/c1-21-19-31(20-29-21)25-11-9-22(17-26(25)34-3)10-12-27-30-35-28(32(27)15-6-16-33-2)14-13-23-7-4-5-8-24(23)18-28/h9-12,17,19-20,23-24H,4-8,13-16,18H2,1-3H3/b12-10+. The molecule has 5 rings (SSSR count). The highest BCUT2D eigenvalue weighted by Crippen LogP contribution is 2.48. The lowest BCUT2D eigenvalue weighted by molar-refractivity contribution is -0.147. The number of benzene rings is 1. The summed E-state index contributed by atoms with van der Waals surface area (Å²) < 4.78 is 13.0. The van der Waals surface area contributed by atoms with E-state index in [-0.39, 0.29) is 5.72 Å². The molecule has 7 heteroatoms. The van der Waals surface area contributed by atoms with E-state index in [2.05, 4.69) is 45.4 Å². The molecule has 7 nitrogen and oxygen atoms in total. The molecule has 0 amide bonds. The van der Waals surface area contributed by atoms with Crippen LogP contribution >= 0.6 is 0 Å². The van der Waals surface area contributed by atoms with E-state index >= 15 is 0 Å². The predicted octanol–water partition coefficient (Wildman–Crippen LogP) is 5.57. The molecular weight excluding hydrogens is 440 g/mol. The molecule has 35 heavy (non-hydrogen) atoms. The number of amidine groups is 1. The molecule has 3 aliphatic rings. The number of aromatic nitrogens is 2. The lowest BCUT2D eigenvalue weighted by atomic mass is 9.68. The van der Waals surface area contributed by atoms with Crippen LogP contribution in [-0.2, 0) is 9.57 Å². The smallest absolute Gasteiger partial charge is 0.211 e. The van der Waals surface area contributed by atoms with Gasteiger partial charge in [-0.05, 0) is 61.8 Å². The van der Waals surface area contributed by atoms with Gasteiger partial charge in [-0.2, -0.15) is 0 Å². The van der Waals surface area contributed by atoms with E-state index in [1.807, 2.05) is 24.0 Å². The van der Waals surface area contributed by atoms with Gasteiger partial charge in [0.15, 0.2) is 5.84 Å². The topological polar surface area (TPSA) is 61.1 Å². The van der Waals surface area contributed by atoms with E-state index in [1.165, 1.54) is 32.1 Å². The Labute approximate surface area is 208 Å². The van der Waals surface area contributed by atoms with E-state index in [9.17, 15) is 0 Å². The number of ether oxygens (including phenoxy) is 2. The number of methoxy groups -OCH3 is 2. The zero-order valence-corrected chi connectivity index (χ0v) is 21.3. The Morgan fingerprint density at radius 3 is 2.77 bits per heavy atom. The van der Waals surface area contributed by atoms with E-state index in [0.717, 1.165) is 72.8 Å². The molecule has 2 aliphatic carbocycles. The first-order valence-corrected chi connectivity index (χ1v) is 13.0. The first-order valence-electron chi connectivity index (χ1n) is 13.0.